The van der Waals surface area contributed by atoms with Gasteiger partial charge in [-0.15, -0.1) is 16.9 Å². The van der Waals surface area contributed by atoms with Gasteiger partial charge in [0, 0.05) is 34.4 Å². The van der Waals surface area contributed by atoms with Crippen LogP contribution in [0.1, 0.15) is 24.2 Å². The molecule has 0 bridgehead atoms. The third kappa shape index (κ3) is 5.61. The molecule has 0 saturated carbocycles. The molecule has 2 aromatic carbocycles. The van der Waals surface area contributed by atoms with Gasteiger partial charge in [-0.05, 0) is 42.5 Å². The predicted molar refractivity (Wildman–Crippen MR) is 125 cm³/mol. The van der Waals surface area contributed by atoms with Crippen molar-refractivity contribution in [2.45, 2.75) is 28.9 Å². The first kappa shape index (κ1) is 23.4. The minimum atomic E-state index is -3.62. The van der Waals surface area contributed by atoms with E-state index in [0.29, 0.717) is 37.4 Å². The lowest BCUT2D eigenvalue weighted by molar-refractivity contribution is 0.0730. The predicted octanol–water partition coefficient (Wildman–Crippen LogP) is 3.51. The maximum absolute atomic E-state index is 12.7. The molecule has 174 valence electrons. The Morgan fingerprint density at radius 1 is 1.09 bits per heavy atom. The Bertz CT molecular complexity index is 1220. The largest absolute Gasteiger partial charge is 0.403 e. The average Bonchev–Trinajstić information content (AvgIpc) is 3.28. The number of amides is 1. The van der Waals surface area contributed by atoms with Crippen LogP contribution in [0, 0.1) is 0 Å². The number of ether oxygens (including phenoxy) is 1. The molecule has 1 N–H and O–H groups in total. The zero-order chi connectivity index (χ0) is 23.4. The summed E-state index contributed by atoms with van der Waals surface area (Å²) in [5.74, 6) is -0.187. The summed E-state index contributed by atoms with van der Waals surface area (Å²) in [6.45, 7) is 5.58. The number of anilines is 1. The maximum atomic E-state index is 12.7. The fourth-order valence-corrected chi connectivity index (χ4v) is 5.55. The smallest absolute Gasteiger partial charge is 0.322 e. The fraction of sp³-hybridized carbons (Fsp3) is 0.318. The number of benzene rings is 2. The normalized spacial score (nSPS) is 15.0. The van der Waals surface area contributed by atoms with E-state index >= 15 is 0 Å². The third-order valence-electron chi connectivity index (χ3n) is 4.82. The first-order valence-corrected chi connectivity index (χ1v) is 12.7. The van der Waals surface area contributed by atoms with Crippen LogP contribution in [0.5, 0.6) is 0 Å². The lowest BCUT2D eigenvalue weighted by Gasteiger charge is -2.26. The summed E-state index contributed by atoms with van der Waals surface area (Å²) in [5.41, 5.74) is 1.03. The van der Waals surface area contributed by atoms with E-state index in [0.717, 1.165) is 10.5 Å². The van der Waals surface area contributed by atoms with Gasteiger partial charge in [-0.1, -0.05) is 25.0 Å². The van der Waals surface area contributed by atoms with Gasteiger partial charge in [-0.3, -0.25) is 10.1 Å². The van der Waals surface area contributed by atoms with Crippen LogP contribution in [0.4, 0.5) is 6.01 Å². The Hall–Kier alpha value is -2.73. The summed E-state index contributed by atoms with van der Waals surface area (Å²) in [6.07, 6.45) is 0. The second kappa shape index (κ2) is 10.0. The number of rotatable bonds is 7. The van der Waals surface area contributed by atoms with E-state index < -0.39 is 15.9 Å². The first-order chi connectivity index (χ1) is 15.8. The van der Waals surface area contributed by atoms with Gasteiger partial charge in [-0.2, -0.15) is 4.31 Å². The van der Waals surface area contributed by atoms with E-state index in [9.17, 15) is 13.2 Å². The van der Waals surface area contributed by atoms with Crippen molar-refractivity contribution in [3.63, 3.8) is 0 Å². The summed E-state index contributed by atoms with van der Waals surface area (Å²) in [7, 11) is -3.62. The van der Waals surface area contributed by atoms with E-state index in [1.54, 1.807) is 11.8 Å². The molecule has 0 unspecified atom stereocenters. The average molecular weight is 489 g/mol. The zero-order valence-corrected chi connectivity index (χ0v) is 19.9. The molecule has 1 amide bonds. The molecule has 1 aliphatic heterocycles. The van der Waals surface area contributed by atoms with Crippen LogP contribution in [0.15, 0.2) is 62.7 Å². The Kier molecular flexibility index (Phi) is 7.13. The van der Waals surface area contributed by atoms with Gasteiger partial charge in [-0.25, -0.2) is 8.42 Å². The first-order valence-electron chi connectivity index (χ1n) is 10.4. The van der Waals surface area contributed by atoms with Crippen LogP contribution in [0.3, 0.4) is 0 Å². The number of hydrogen-bond donors (Lipinski definition) is 1. The quantitative estimate of drug-likeness (QED) is 0.503. The lowest BCUT2D eigenvalue weighted by atomic mass is 10.2. The van der Waals surface area contributed by atoms with Crippen molar-refractivity contribution in [2.24, 2.45) is 0 Å². The van der Waals surface area contributed by atoms with Crippen molar-refractivity contribution < 1.29 is 22.4 Å². The molecule has 1 aliphatic rings. The number of nitrogens with zero attached hydrogens (tertiary/aromatic N) is 3. The second-order valence-electron chi connectivity index (χ2n) is 7.60. The molecular formula is C22H24N4O5S2. The van der Waals surface area contributed by atoms with Crippen LogP contribution in [0.2, 0.25) is 0 Å². The number of morpholine rings is 1. The van der Waals surface area contributed by atoms with Crippen molar-refractivity contribution in [3.05, 3.63) is 54.1 Å². The van der Waals surface area contributed by atoms with Crippen molar-refractivity contribution in [1.82, 2.24) is 14.5 Å². The molecular weight excluding hydrogens is 464 g/mol. The van der Waals surface area contributed by atoms with Gasteiger partial charge < -0.3 is 9.15 Å². The van der Waals surface area contributed by atoms with Gasteiger partial charge in [0.2, 0.25) is 15.9 Å². The van der Waals surface area contributed by atoms with Crippen LogP contribution in [-0.4, -0.2) is 60.4 Å². The Morgan fingerprint density at radius 2 is 1.82 bits per heavy atom. The molecule has 0 spiro atoms. The molecule has 0 aliphatic carbocycles. The fourth-order valence-electron chi connectivity index (χ4n) is 3.25. The number of carbonyl (C=O) groups is 1. The number of carbonyl (C=O) groups excluding carboxylic acids is 1. The molecule has 0 atom stereocenters. The Balaban J connectivity index is 1.43. The van der Waals surface area contributed by atoms with Crippen molar-refractivity contribution >= 4 is 33.7 Å². The van der Waals surface area contributed by atoms with Crippen LogP contribution < -0.4 is 5.32 Å². The van der Waals surface area contributed by atoms with E-state index in [4.69, 9.17) is 9.15 Å². The monoisotopic (exact) mass is 488 g/mol. The van der Waals surface area contributed by atoms with Gasteiger partial charge in [0.25, 0.3) is 5.91 Å². The summed E-state index contributed by atoms with van der Waals surface area (Å²) < 4.78 is 37.6. The van der Waals surface area contributed by atoms with Crippen LogP contribution in [-0.2, 0) is 14.8 Å². The van der Waals surface area contributed by atoms with E-state index in [1.807, 2.05) is 24.3 Å². The molecule has 1 fully saturated rings. The number of hydrogen-bond acceptors (Lipinski definition) is 8. The number of nitrogens with one attached hydrogen (secondary N) is 1. The van der Waals surface area contributed by atoms with Crippen molar-refractivity contribution in [3.8, 4) is 11.5 Å². The van der Waals surface area contributed by atoms with Gasteiger partial charge >= 0.3 is 6.01 Å². The standard InChI is InChI=1S/C22H24N4O5S2/c1-15(2)32-18-5-3-4-17(14-18)21-24-25-22(31-21)23-20(27)16-6-8-19(9-7-16)33(28,29)26-10-12-30-13-11-26/h3-9,14-15H,10-13H2,1-2H3,(H,23,25,27). The lowest BCUT2D eigenvalue weighted by Crippen LogP contribution is -2.40. The summed E-state index contributed by atoms with van der Waals surface area (Å²) >= 11 is 1.72. The zero-order valence-electron chi connectivity index (χ0n) is 18.2. The molecule has 3 aromatic rings. The highest BCUT2D eigenvalue weighted by Gasteiger charge is 2.26. The summed E-state index contributed by atoms with van der Waals surface area (Å²) in [4.78, 5) is 13.8. The minimum Gasteiger partial charge on any atom is -0.403 e. The van der Waals surface area contributed by atoms with E-state index in [1.165, 1.54) is 28.6 Å². The van der Waals surface area contributed by atoms with E-state index in [-0.39, 0.29) is 16.5 Å². The van der Waals surface area contributed by atoms with Gasteiger partial charge in [0.15, 0.2) is 0 Å². The number of thioether (sulfide) groups is 1. The topological polar surface area (TPSA) is 115 Å². The molecule has 33 heavy (non-hydrogen) atoms. The maximum Gasteiger partial charge on any atom is 0.322 e. The number of sulfonamides is 1. The summed E-state index contributed by atoms with van der Waals surface area (Å²) in [5, 5.41) is 10.9. The second-order valence-corrected chi connectivity index (χ2v) is 11.2. The van der Waals surface area contributed by atoms with E-state index in [2.05, 4.69) is 29.4 Å². The molecule has 0 radical (unpaired) electrons. The molecule has 11 heteroatoms. The summed E-state index contributed by atoms with van der Waals surface area (Å²) in [6, 6.07) is 13.4. The highest BCUT2D eigenvalue weighted by molar-refractivity contribution is 7.99. The molecule has 2 heterocycles. The molecule has 1 aromatic heterocycles. The van der Waals surface area contributed by atoms with Crippen LogP contribution >= 0.6 is 11.8 Å². The van der Waals surface area contributed by atoms with Gasteiger partial charge in [0.05, 0.1) is 18.1 Å². The molecule has 1 saturated heterocycles. The SMILES string of the molecule is CC(C)Sc1cccc(-c2nnc(NC(=O)c3ccc(S(=O)(=O)N4CCOCC4)cc3)o2)c1. The molecule has 9 nitrogen and oxygen atoms in total. The minimum absolute atomic E-state index is 0.0399. The van der Waals surface area contributed by atoms with Crippen LogP contribution in [0.25, 0.3) is 11.5 Å². The van der Waals surface area contributed by atoms with Gasteiger partial charge in [0.1, 0.15) is 0 Å². The Labute approximate surface area is 196 Å². The highest BCUT2D eigenvalue weighted by atomic mass is 32.2. The van der Waals surface area contributed by atoms with Crippen molar-refractivity contribution in [1.29, 1.82) is 0 Å². The van der Waals surface area contributed by atoms with Crippen molar-refractivity contribution in [2.75, 3.05) is 31.6 Å². The Morgan fingerprint density at radius 3 is 2.52 bits per heavy atom. The molecule has 4 rings (SSSR count). The highest BCUT2D eigenvalue weighted by Crippen LogP contribution is 2.28. The third-order valence-corrected chi connectivity index (χ3v) is 7.73. The number of aromatic nitrogens is 2.